The molecule has 1 heterocycles. The van der Waals surface area contributed by atoms with Gasteiger partial charge in [0, 0.05) is 35.6 Å². The molecule has 1 aromatic heterocycles. The fraction of sp³-hybridized carbons (Fsp3) is 0.214. The predicted octanol–water partition coefficient (Wildman–Crippen LogP) is 2.46. The Morgan fingerprint density at radius 3 is 2.65 bits per heavy atom. The lowest BCUT2D eigenvalue weighted by molar-refractivity contribution is 0.102. The predicted molar refractivity (Wildman–Crippen MR) is 83.2 cm³/mol. The maximum Gasteiger partial charge on any atom is 0.272 e. The van der Waals surface area contributed by atoms with Crippen molar-refractivity contribution in [1.29, 1.82) is 0 Å². The van der Waals surface area contributed by atoms with Crippen LogP contribution in [0.2, 0.25) is 0 Å². The number of hydrogen-bond acceptors (Lipinski definition) is 3. The van der Waals surface area contributed by atoms with Crippen LogP contribution in [0.25, 0.3) is 0 Å². The van der Waals surface area contributed by atoms with Crippen LogP contribution in [0.15, 0.2) is 41.0 Å². The van der Waals surface area contributed by atoms with E-state index in [1.165, 1.54) is 0 Å². The molecule has 2 aromatic rings. The quantitative estimate of drug-likeness (QED) is 0.784. The van der Waals surface area contributed by atoms with E-state index < -0.39 is 0 Å². The van der Waals surface area contributed by atoms with Crippen molar-refractivity contribution in [2.24, 2.45) is 0 Å². The Morgan fingerprint density at radius 2 is 2.10 bits per heavy atom. The van der Waals surface area contributed by atoms with Crippen LogP contribution in [-0.2, 0) is 0 Å². The number of benzene rings is 1. The molecule has 0 fully saturated rings. The molecule has 1 amide bonds. The average molecular weight is 338 g/mol. The van der Waals surface area contributed by atoms with Crippen molar-refractivity contribution in [2.75, 3.05) is 30.4 Å². The second-order valence-corrected chi connectivity index (χ2v) is 5.29. The minimum Gasteiger partial charge on any atom is -0.395 e. The molecule has 3 N–H and O–H groups in total. The van der Waals surface area contributed by atoms with Crippen LogP contribution in [0.4, 0.5) is 11.4 Å². The van der Waals surface area contributed by atoms with Gasteiger partial charge in [0.05, 0.1) is 6.61 Å². The van der Waals surface area contributed by atoms with Gasteiger partial charge in [0.2, 0.25) is 0 Å². The van der Waals surface area contributed by atoms with E-state index in [4.69, 9.17) is 5.11 Å². The minimum atomic E-state index is -0.188. The number of aromatic nitrogens is 1. The van der Waals surface area contributed by atoms with Gasteiger partial charge in [-0.3, -0.25) is 4.79 Å². The van der Waals surface area contributed by atoms with Crippen molar-refractivity contribution in [3.05, 3.63) is 46.7 Å². The monoisotopic (exact) mass is 337 g/mol. The van der Waals surface area contributed by atoms with Crippen molar-refractivity contribution in [2.45, 2.75) is 0 Å². The Labute approximate surface area is 125 Å². The van der Waals surface area contributed by atoms with Gasteiger partial charge in [-0.25, -0.2) is 0 Å². The van der Waals surface area contributed by atoms with Gasteiger partial charge < -0.3 is 20.3 Å². The number of carbonyl (C=O) groups excluding carboxylic acids is 1. The highest BCUT2D eigenvalue weighted by atomic mass is 79.9. The molecular formula is C14H16BrN3O2. The van der Waals surface area contributed by atoms with Crippen molar-refractivity contribution < 1.29 is 9.90 Å². The summed E-state index contributed by atoms with van der Waals surface area (Å²) in [5.74, 6) is -0.188. The first-order valence-electron chi connectivity index (χ1n) is 6.17. The first kappa shape index (κ1) is 14.6. The van der Waals surface area contributed by atoms with Gasteiger partial charge in [0.25, 0.3) is 5.91 Å². The van der Waals surface area contributed by atoms with E-state index in [0.717, 1.165) is 15.8 Å². The highest BCUT2D eigenvalue weighted by Gasteiger charge is 2.08. The van der Waals surface area contributed by atoms with E-state index in [1.807, 2.05) is 36.2 Å². The third-order valence-corrected chi connectivity index (χ3v) is 3.35. The van der Waals surface area contributed by atoms with Gasteiger partial charge in [-0.05, 0) is 46.3 Å². The first-order chi connectivity index (χ1) is 9.60. The van der Waals surface area contributed by atoms with E-state index in [2.05, 4.69) is 26.2 Å². The van der Waals surface area contributed by atoms with Crippen molar-refractivity contribution in [3.63, 3.8) is 0 Å². The molecule has 5 nitrogen and oxygen atoms in total. The summed E-state index contributed by atoms with van der Waals surface area (Å²) in [5, 5.41) is 11.7. The topological polar surface area (TPSA) is 68.4 Å². The average Bonchev–Trinajstić information content (AvgIpc) is 2.86. The Morgan fingerprint density at radius 1 is 1.40 bits per heavy atom. The van der Waals surface area contributed by atoms with Gasteiger partial charge in [-0.15, -0.1) is 0 Å². The van der Waals surface area contributed by atoms with Crippen molar-refractivity contribution in [1.82, 2.24) is 4.98 Å². The molecule has 0 radical (unpaired) electrons. The maximum absolute atomic E-state index is 11.9. The molecule has 0 aliphatic carbocycles. The van der Waals surface area contributed by atoms with Gasteiger partial charge in [-0.2, -0.15) is 0 Å². The molecule has 0 aliphatic rings. The number of hydrogen-bond donors (Lipinski definition) is 3. The van der Waals surface area contributed by atoms with E-state index in [0.29, 0.717) is 12.2 Å². The van der Waals surface area contributed by atoms with Crippen LogP contribution >= 0.6 is 15.9 Å². The summed E-state index contributed by atoms with van der Waals surface area (Å²) in [6.45, 7) is 0.679. The second-order valence-electron chi connectivity index (χ2n) is 4.38. The second kappa shape index (κ2) is 6.58. The molecule has 0 atom stereocenters. The molecule has 1 aromatic carbocycles. The van der Waals surface area contributed by atoms with Gasteiger partial charge >= 0.3 is 0 Å². The molecule has 0 saturated carbocycles. The molecule has 20 heavy (non-hydrogen) atoms. The minimum absolute atomic E-state index is 0.108. The third kappa shape index (κ3) is 3.61. The number of aliphatic hydroxyl groups is 1. The molecule has 0 aliphatic heterocycles. The summed E-state index contributed by atoms with van der Waals surface area (Å²) >= 11 is 3.29. The largest absolute Gasteiger partial charge is 0.395 e. The molecular weight excluding hydrogens is 322 g/mol. The number of aromatic amines is 1. The summed E-state index contributed by atoms with van der Waals surface area (Å²) in [4.78, 5) is 16.8. The fourth-order valence-electron chi connectivity index (χ4n) is 1.78. The normalized spacial score (nSPS) is 10.3. The molecule has 0 unspecified atom stereocenters. The number of halogens is 1. The van der Waals surface area contributed by atoms with E-state index >= 15 is 0 Å². The summed E-state index contributed by atoms with van der Waals surface area (Å²) < 4.78 is 0.837. The lowest BCUT2D eigenvalue weighted by Crippen LogP contribution is -2.21. The number of nitrogens with zero attached hydrogens (tertiary/aromatic N) is 1. The zero-order valence-corrected chi connectivity index (χ0v) is 12.6. The lowest BCUT2D eigenvalue weighted by Gasteiger charge is -2.18. The molecule has 2 rings (SSSR count). The Kier molecular flexibility index (Phi) is 4.81. The lowest BCUT2D eigenvalue weighted by atomic mass is 10.2. The van der Waals surface area contributed by atoms with Crippen LogP contribution in [0.5, 0.6) is 0 Å². The fourth-order valence-corrected chi connectivity index (χ4v) is 2.12. The Bertz CT molecular complexity index is 580. The number of carbonyl (C=O) groups is 1. The maximum atomic E-state index is 11.9. The van der Waals surface area contributed by atoms with E-state index in [1.54, 1.807) is 12.3 Å². The van der Waals surface area contributed by atoms with Crippen LogP contribution in [0.3, 0.4) is 0 Å². The van der Waals surface area contributed by atoms with Crippen LogP contribution in [-0.4, -0.2) is 36.2 Å². The summed E-state index contributed by atoms with van der Waals surface area (Å²) in [6, 6.07) is 9.18. The van der Waals surface area contributed by atoms with Crippen LogP contribution in [0.1, 0.15) is 10.5 Å². The number of likely N-dealkylation sites (N-methyl/N-ethyl adjacent to an activating group) is 1. The highest BCUT2D eigenvalue weighted by Crippen LogP contribution is 2.18. The number of nitrogens with one attached hydrogen (secondary N) is 2. The molecule has 0 saturated heterocycles. The zero-order chi connectivity index (χ0) is 14.5. The molecule has 0 bridgehead atoms. The van der Waals surface area contributed by atoms with Gasteiger partial charge in [0.1, 0.15) is 5.69 Å². The van der Waals surface area contributed by atoms with Crippen LogP contribution in [0, 0.1) is 0 Å². The van der Waals surface area contributed by atoms with Gasteiger partial charge in [0.15, 0.2) is 0 Å². The van der Waals surface area contributed by atoms with Crippen LogP contribution < -0.4 is 10.2 Å². The number of aliphatic hydroxyl groups excluding tert-OH is 1. The number of rotatable bonds is 5. The van der Waals surface area contributed by atoms with Crippen molar-refractivity contribution >= 4 is 33.2 Å². The van der Waals surface area contributed by atoms with E-state index in [-0.39, 0.29) is 12.5 Å². The van der Waals surface area contributed by atoms with Crippen molar-refractivity contribution in [3.8, 4) is 0 Å². The Hall–Kier alpha value is -1.79. The summed E-state index contributed by atoms with van der Waals surface area (Å²) in [5.41, 5.74) is 2.21. The SMILES string of the molecule is CN(CCO)c1ccc(NC(=O)c2cc(Br)c[nH]2)cc1. The molecule has 0 spiro atoms. The number of H-pyrrole nitrogens is 1. The summed E-state index contributed by atoms with van der Waals surface area (Å²) in [7, 11) is 1.90. The van der Waals surface area contributed by atoms with E-state index in [9.17, 15) is 4.79 Å². The standard InChI is InChI=1S/C14H16BrN3O2/c1-18(6-7-19)12-4-2-11(3-5-12)17-14(20)13-8-10(15)9-16-13/h2-5,8-9,16,19H,6-7H2,1H3,(H,17,20). The zero-order valence-electron chi connectivity index (χ0n) is 11.1. The first-order valence-corrected chi connectivity index (χ1v) is 6.97. The summed E-state index contributed by atoms with van der Waals surface area (Å²) in [6.07, 6.45) is 1.71. The number of anilines is 2. The number of amides is 1. The molecule has 6 heteroatoms. The third-order valence-electron chi connectivity index (χ3n) is 2.89. The highest BCUT2D eigenvalue weighted by molar-refractivity contribution is 9.10. The molecule has 106 valence electrons. The Balaban J connectivity index is 2.02. The smallest absolute Gasteiger partial charge is 0.272 e. The van der Waals surface area contributed by atoms with Gasteiger partial charge in [-0.1, -0.05) is 0 Å².